The topological polar surface area (TPSA) is 79.9 Å². The van der Waals surface area contributed by atoms with E-state index in [-0.39, 0.29) is 17.8 Å². The van der Waals surface area contributed by atoms with Crippen LogP contribution in [0.2, 0.25) is 0 Å². The van der Waals surface area contributed by atoms with Gasteiger partial charge in [0.25, 0.3) is 5.91 Å². The molecule has 2 aromatic carbocycles. The number of carbonyl (C=O) groups is 2. The van der Waals surface area contributed by atoms with Gasteiger partial charge in [-0.05, 0) is 44.2 Å². The Morgan fingerprint density at radius 2 is 1.96 bits per heavy atom. The molecule has 0 saturated carbocycles. The summed E-state index contributed by atoms with van der Waals surface area (Å²) in [4.78, 5) is 26.3. The van der Waals surface area contributed by atoms with Crippen molar-refractivity contribution < 1.29 is 23.5 Å². The predicted octanol–water partition coefficient (Wildman–Crippen LogP) is 3.40. The lowest BCUT2D eigenvalue weighted by atomic mass is 10.1. The summed E-state index contributed by atoms with van der Waals surface area (Å²) >= 11 is 0. The van der Waals surface area contributed by atoms with Crippen molar-refractivity contribution in [1.29, 1.82) is 0 Å². The number of nitrogens with one attached hydrogen (secondary N) is 2. The van der Waals surface area contributed by atoms with E-state index in [9.17, 15) is 14.0 Å². The first-order valence-corrected chi connectivity index (χ1v) is 8.90. The zero-order valence-corrected chi connectivity index (χ0v) is 15.9. The maximum absolute atomic E-state index is 13.7. The molecule has 28 heavy (non-hydrogen) atoms. The number of urea groups is 1. The third-order valence-corrected chi connectivity index (χ3v) is 4.14. The minimum Gasteiger partial charge on any atom is -0.495 e. The highest BCUT2D eigenvalue weighted by Gasteiger charge is 2.25. The Bertz CT molecular complexity index is 901. The second-order valence-electron chi connectivity index (χ2n) is 6.53. The Morgan fingerprint density at radius 3 is 2.61 bits per heavy atom. The molecular weight excluding hydrogens is 365 g/mol. The van der Waals surface area contributed by atoms with Crippen molar-refractivity contribution in [3.05, 3.63) is 47.8 Å². The zero-order valence-electron chi connectivity index (χ0n) is 15.9. The van der Waals surface area contributed by atoms with Crippen LogP contribution in [-0.2, 0) is 0 Å². The number of ether oxygens (including phenoxy) is 2. The van der Waals surface area contributed by atoms with Crippen LogP contribution in [0.5, 0.6) is 11.5 Å². The normalized spacial score (nSPS) is 13.5. The number of hydrogen-bond acceptors (Lipinski definition) is 4. The Balaban J connectivity index is 1.89. The second-order valence-corrected chi connectivity index (χ2v) is 6.53. The summed E-state index contributed by atoms with van der Waals surface area (Å²) in [5.41, 5.74) is 1.02. The lowest BCUT2D eigenvalue weighted by Crippen LogP contribution is -2.28. The molecule has 1 aliphatic heterocycles. The lowest BCUT2D eigenvalue weighted by Gasteiger charge is -2.19. The van der Waals surface area contributed by atoms with Gasteiger partial charge < -0.3 is 20.1 Å². The molecule has 0 radical (unpaired) electrons. The standard InChI is InChI=1S/C20H22FN3O4/c1-12(2)28-17-7-5-14(21)11-15(17)23-19(25)13-4-6-18(27-3)16(10-13)24-9-8-22-20(24)26/h4-7,10-12H,8-9H2,1-3H3,(H,22,26)(H,23,25). The third kappa shape index (κ3) is 4.16. The minimum absolute atomic E-state index is 0.137. The molecule has 2 aromatic rings. The van der Waals surface area contributed by atoms with E-state index in [4.69, 9.17) is 9.47 Å². The average Bonchev–Trinajstić information content (AvgIpc) is 3.08. The highest BCUT2D eigenvalue weighted by molar-refractivity contribution is 6.06. The van der Waals surface area contributed by atoms with Gasteiger partial charge in [0.15, 0.2) is 0 Å². The van der Waals surface area contributed by atoms with Crippen molar-refractivity contribution >= 4 is 23.3 Å². The fraction of sp³-hybridized carbons (Fsp3) is 0.300. The van der Waals surface area contributed by atoms with Crippen molar-refractivity contribution in [1.82, 2.24) is 5.32 Å². The highest BCUT2D eigenvalue weighted by Crippen LogP contribution is 2.32. The monoisotopic (exact) mass is 387 g/mol. The van der Waals surface area contributed by atoms with Gasteiger partial charge in [0, 0.05) is 24.7 Å². The number of anilines is 2. The van der Waals surface area contributed by atoms with E-state index in [1.54, 1.807) is 18.2 Å². The molecule has 1 fully saturated rings. The number of carbonyl (C=O) groups excluding carboxylic acids is 2. The van der Waals surface area contributed by atoms with Gasteiger partial charge in [-0.25, -0.2) is 9.18 Å². The van der Waals surface area contributed by atoms with Gasteiger partial charge in [0.2, 0.25) is 0 Å². The molecule has 0 aliphatic carbocycles. The lowest BCUT2D eigenvalue weighted by molar-refractivity contribution is 0.102. The van der Waals surface area contributed by atoms with Crippen LogP contribution < -0.4 is 25.0 Å². The van der Waals surface area contributed by atoms with E-state index in [1.807, 2.05) is 13.8 Å². The van der Waals surface area contributed by atoms with E-state index in [1.165, 1.54) is 30.2 Å². The molecule has 1 heterocycles. The number of nitrogens with zero attached hydrogens (tertiary/aromatic N) is 1. The predicted molar refractivity (Wildman–Crippen MR) is 104 cm³/mol. The van der Waals surface area contributed by atoms with E-state index in [0.717, 1.165) is 0 Å². The van der Waals surface area contributed by atoms with Crippen molar-refractivity contribution in [2.24, 2.45) is 0 Å². The number of methoxy groups -OCH3 is 1. The molecule has 3 rings (SSSR count). The van der Waals surface area contributed by atoms with E-state index in [0.29, 0.717) is 35.8 Å². The second kappa shape index (κ2) is 8.16. The summed E-state index contributed by atoms with van der Waals surface area (Å²) in [6.07, 6.45) is -0.137. The molecular formula is C20H22FN3O4. The van der Waals surface area contributed by atoms with Crippen LogP contribution in [0.25, 0.3) is 0 Å². The molecule has 8 heteroatoms. The largest absolute Gasteiger partial charge is 0.495 e. The first-order valence-electron chi connectivity index (χ1n) is 8.90. The smallest absolute Gasteiger partial charge is 0.322 e. The molecule has 0 unspecified atom stereocenters. The summed E-state index contributed by atoms with van der Waals surface area (Å²) in [5, 5.41) is 5.39. The summed E-state index contributed by atoms with van der Waals surface area (Å²) in [6, 6.07) is 8.45. The maximum Gasteiger partial charge on any atom is 0.322 e. The van der Waals surface area contributed by atoms with Crippen LogP contribution in [0, 0.1) is 5.82 Å². The molecule has 148 valence electrons. The average molecular weight is 387 g/mol. The summed E-state index contributed by atoms with van der Waals surface area (Å²) < 4.78 is 24.6. The van der Waals surface area contributed by atoms with Crippen LogP contribution in [-0.4, -0.2) is 38.2 Å². The summed E-state index contributed by atoms with van der Waals surface area (Å²) in [7, 11) is 1.49. The molecule has 2 N–H and O–H groups in total. The quantitative estimate of drug-likeness (QED) is 0.796. The number of amides is 3. The molecule has 7 nitrogen and oxygen atoms in total. The molecule has 3 amide bonds. The van der Waals surface area contributed by atoms with Gasteiger partial charge in [-0.1, -0.05) is 0 Å². The van der Waals surface area contributed by atoms with E-state index in [2.05, 4.69) is 10.6 Å². The summed E-state index contributed by atoms with van der Waals surface area (Å²) in [6.45, 7) is 4.66. The molecule has 0 bridgehead atoms. The summed E-state index contributed by atoms with van der Waals surface area (Å²) in [5.74, 6) is -0.0983. The number of halogens is 1. The first kappa shape index (κ1) is 19.5. The van der Waals surface area contributed by atoms with Crippen LogP contribution >= 0.6 is 0 Å². The fourth-order valence-electron chi connectivity index (χ4n) is 2.89. The van der Waals surface area contributed by atoms with Crippen molar-refractivity contribution in [2.75, 3.05) is 30.4 Å². The molecule has 1 aliphatic rings. The Kier molecular flexibility index (Phi) is 5.67. The molecule has 0 spiro atoms. The van der Waals surface area contributed by atoms with Gasteiger partial charge in [-0.15, -0.1) is 0 Å². The van der Waals surface area contributed by atoms with Gasteiger partial charge in [0.1, 0.15) is 17.3 Å². The molecule has 0 aromatic heterocycles. The minimum atomic E-state index is -0.490. The number of rotatable bonds is 6. The van der Waals surface area contributed by atoms with Crippen molar-refractivity contribution in [3.63, 3.8) is 0 Å². The molecule has 0 atom stereocenters. The van der Waals surface area contributed by atoms with Gasteiger partial charge in [0.05, 0.1) is 24.6 Å². The number of hydrogen-bond donors (Lipinski definition) is 2. The Morgan fingerprint density at radius 1 is 1.21 bits per heavy atom. The highest BCUT2D eigenvalue weighted by atomic mass is 19.1. The Hall–Kier alpha value is -3.29. The van der Waals surface area contributed by atoms with Crippen LogP contribution in [0.15, 0.2) is 36.4 Å². The fourth-order valence-corrected chi connectivity index (χ4v) is 2.89. The number of benzene rings is 2. The van der Waals surface area contributed by atoms with Crippen molar-refractivity contribution in [3.8, 4) is 11.5 Å². The molecule has 1 saturated heterocycles. The van der Waals surface area contributed by atoms with Gasteiger partial charge >= 0.3 is 6.03 Å². The third-order valence-electron chi connectivity index (χ3n) is 4.14. The van der Waals surface area contributed by atoms with E-state index >= 15 is 0 Å². The van der Waals surface area contributed by atoms with Crippen LogP contribution in [0.1, 0.15) is 24.2 Å². The SMILES string of the molecule is COc1ccc(C(=O)Nc2cc(F)ccc2OC(C)C)cc1N1CCNC1=O. The van der Waals surface area contributed by atoms with Gasteiger partial charge in [-0.3, -0.25) is 9.69 Å². The van der Waals surface area contributed by atoms with Crippen molar-refractivity contribution in [2.45, 2.75) is 20.0 Å². The first-order chi connectivity index (χ1) is 13.4. The zero-order chi connectivity index (χ0) is 20.3. The Labute approximate surface area is 162 Å². The van der Waals surface area contributed by atoms with Crippen LogP contribution in [0.3, 0.4) is 0 Å². The maximum atomic E-state index is 13.7. The van der Waals surface area contributed by atoms with E-state index < -0.39 is 11.7 Å². The van der Waals surface area contributed by atoms with Gasteiger partial charge in [-0.2, -0.15) is 0 Å². The van der Waals surface area contributed by atoms with Crippen LogP contribution in [0.4, 0.5) is 20.6 Å².